The standard InChI is InChI=1S/C31H26N2O5/c1-30(2,3)29(36)26-25(19-12-15-20(16-13-19)33(37)38)31(27(34)21-9-5-6-10-22(21)28(31)35)24-17-14-18-8-4-7-11-23(18)32(24)26/h4-17,24-26H,1-3H3. The quantitative estimate of drug-likeness (QED) is 0.259. The zero-order chi connectivity index (χ0) is 27.0. The summed E-state index contributed by atoms with van der Waals surface area (Å²) in [6, 6.07) is 18.8. The van der Waals surface area contributed by atoms with E-state index in [9.17, 15) is 24.5 Å². The van der Waals surface area contributed by atoms with Crippen molar-refractivity contribution in [1.82, 2.24) is 0 Å². The molecular weight excluding hydrogens is 480 g/mol. The van der Waals surface area contributed by atoms with Gasteiger partial charge in [-0.25, -0.2) is 0 Å². The number of hydrogen-bond donors (Lipinski definition) is 0. The molecule has 1 saturated heterocycles. The van der Waals surface area contributed by atoms with Crippen LogP contribution >= 0.6 is 0 Å². The van der Waals surface area contributed by atoms with Gasteiger partial charge in [0.05, 0.1) is 17.0 Å². The predicted molar refractivity (Wildman–Crippen MR) is 143 cm³/mol. The molecule has 1 spiro atoms. The van der Waals surface area contributed by atoms with Crippen molar-refractivity contribution in [2.45, 2.75) is 38.8 Å². The van der Waals surface area contributed by atoms with Crippen molar-refractivity contribution in [1.29, 1.82) is 0 Å². The normalized spacial score (nSPS) is 22.8. The number of benzene rings is 3. The lowest BCUT2D eigenvalue weighted by molar-refractivity contribution is -0.384. The first-order valence-corrected chi connectivity index (χ1v) is 12.6. The van der Waals surface area contributed by atoms with Gasteiger partial charge in [-0.3, -0.25) is 24.5 Å². The second-order valence-corrected chi connectivity index (χ2v) is 11.2. The van der Waals surface area contributed by atoms with Crippen LogP contribution in [0.5, 0.6) is 0 Å². The number of hydrogen-bond acceptors (Lipinski definition) is 6. The highest BCUT2D eigenvalue weighted by Gasteiger charge is 2.71. The largest absolute Gasteiger partial charge is 0.352 e. The Morgan fingerprint density at radius 1 is 0.895 bits per heavy atom. The number of nitro benzene ring substituents is 1. The van der Waals surface area contributed by atoms with E-state index in [0.717, 1.165) is 11.3 Å². The number of fused-ring (bicyclic) bond motifs is 5. The molecule has 3 aromatic rings. The van der Waals surface area contributed by atoms with Crippen LogP contribution in [0.1, 0.15) is 58.5 Å². The molecule has 0 radical (unpaired) electrons. The van der Waals surface area contributed by atoms with Crippen LogP contribution in [0.15, 0.2) is 78.9 Å². The van der Waals surface area contributed by atoms with E-state index in [-0.39, 0.29) is 23.0 Å². The van der Waals surface area contributed by atoms with Gasteiger partial charge < -0.3 is 4.90 Å². The molecule has 2 aliphatic heterocycles. The topological polar surface area (TPSA) is 97.6 Å². The molecule has 0 N–H and O–H groups in total. The molecule has 0 amide bonds. The maximum atomic E-state index is 14.5. The lowest BCUT2D eigenvalue weighted by Gasteiger charge is -2.38. The average Bonchev–Trinajstić information content (AvgIpc) is 3.34. The van der Waals surface area contributed by atoms with Crippen molar-refractivity contribution in [2.24, 2.45) is 10.8 Å². The number of rotatable bonds is 3. The molecule has 0 aromatic heterocycles. The fourth-order valence-corrected chi connectivity index (χ4v) is 6.54. The summed E-state index contributed by atoms with van der Waals surface area (Å²) in [5, 5.41) is 11.4. The van der Waals surface area contributed by atoms with Gasteiger partial charge in [0.25, 0.3) is 5.69 Å². The molecular formula is C31H26N2O5. The Balaban J connectivity index is 1.68. The van der Waals surface area contributed by atoms with Crippen molar-refractivity contribution < 1.29 is 19.3 Å². The van der Waals surface area contributed by atoms with E-state index < -0.39 is 33.8 Å². The second-order valence-electron chi connectivity index (χ2n) is 11.2. The number of carbonyl (C=O) groups is 3. The van der Waals surface area contributed by atoms with Crippen LogP contribution < -0.4 is 4.90 Å². The third kappa shape index (κ3) is 3.05. The summed E-state index contributed by atoms with van der Waals surface area (Å²) in [5.74, 6) is -1.60. The van der Waals surface area contributed by atoms with Gasteiger partial charge in [-0.2, -0.15) is 0 Å². The van der Waals surface area contributed by atoms with Crippen LogP contribution in [-0.4, -0.2) is 34.4 Å². The van der Waals surface area contributed by atoms with Gasteiger partial charge in [-0.05, 0) is 17.2 Å². The van der Waals surface area contributed by atoms with E-state index in [2.05, 4.69) is 0 Å². The van der Waals surface area contributed by atoms with Gasteiger partial charge in [0.1, 0.15) is 5.41 Å². The third-order valence-corrected chi connectivity index (χ3v) is 8.18. The molecule has 3 aromatic carbocycles. The Hall–Kier alpha value is -4.39. The van der Waals surface area contributed by atoms with Crippen LogP contribution in [0, 0.1) is 20.9 Å². The maximum Gasteiger partial charge on any atom is 0.269 e. The minimum absolute atomic E-state index is 0.102. The lowest BCUT2D eigenvalue weighted by atomic mass is 9.63. The number of anilines is 1. The smallest absolute Gasteiger partial charge is 0.269 e. The van der Waals surface area contributed by atoms with Gasteiger partial charge in [0.2, 0.25) is 0 Å². The van der Waals surface area contributed by atoms with Crippen molar-refractivity contribution in [3.8, 4) is 0 Å². The van der Waals surface area contributed by atoms with Gasteiger partial charge in [0.15, 0.2) is 17.3 Å². The van der Waals surface area contributed by atoms with Crippen molar-refractivity contribution >= 4 is 34.8 Å². The average molecular weight is 507 g/mol. The molecule has 0 bridgehead atoms. The molecule has 0 saturated carbocycles. The summed E-state index contributed by atoms with van der Waals surface area (Å²) in [4.78, 5) is 56.1. The Kier molecular flexibility index (Phi) is 5.08. The molecule has 190 valence electrons. The first-order chi connectivity index (χ1) is 18.1. The predicted octanol–water partition coefficient (Wildman–Crippen LogP) is 5.64. The van der Waals surface area contributed by atoms with E-state index in [4.69, 9.17) is 0 Å². The summed E-state index contributed by atoms with van der Waals surface area (Å²) >= 11 is 0. The summed E-state index contributed by atoms with van der Waals surface area (Å²) in [7, 11) is 0. The van der Waals surface area contributed by atoms with Gasteiger partial charge >= 0.3 is 0 Å². The Morgan fingerprint density at radius 2 is 1.47 bits per heavy atom. The van der Waals surface area contributed by atoms with Crippen LogP contribution in [0.2, 0.25) is 0 Å². The van der Waals surface area contributed by atoms with E-state index in [0.29, 0.717) is 16.7 Å². The summed E-state index contributed by atoms with van der Waals surface area (Å²) < 4.78 is 0. The molecule has 7 heteroatoms. The number of Topliss-reactive ketones (excluding diaryl/α,β-unsaturated/α-hetero) is 3. The molecule has 3 atom stereocenters. The van der Waals surface area contributed by atoms with E-state index in [1.807, 2.05) is 62.1 Å². The zero-order valence-electron chi connectivity index (χ0n) is 21.3. The zero-order valence-corrected chi connectivity index (χ0v) is 21.3. The first-order valence-electron chi connectivity index (χ1n) is 12.6. The first kappa shape index (κ1) is 24.0. The van der Waals surface area contributed by atoms with Gasteiger partial charge in [0, 0.05) is 40.3 Å². The lowest BCUT2D eigenvalue weighted by Crippen LogP contribution is -2.49. The third-order valence-electron chi connectivity index (χ3n) is 8.18. The molecule has 3 unspecified atom stereocenters. The molecule has 7 nitrogen and oxygen atoms in total. The highest BCUT2D eigenvalue weighted by molar-refractivity contribution is 6.32. The van der Waals surface area contributed by atoms with E-state index in [1.165, 1.54) is 12.1 Å². The Labute approximate surface area is 219 Å². The highest BCUT2D eigenvalue weighted by atomic mass is 16.6. The highest BCUT2D eigenvalue weighted by Crippen LogP contribution is 2.61. The van der Waals surface area contributed by atoms with Crippen molar-refractivity contribution in [2.75, 3.05) is 4.90 Å². The van der Waals surface area contributed by atoms with Gasteiger partial charge in [-0.1, -0.05) is 87.5 Å². The Bertz CT molecular complexity index is 1530. The van der Waals surface area contributed by atoms with Crippen LogP contribution in [-0.2, 0) is 4.79 Å². The minimum atomic E-state index is -1.60. The van der Waals surface area contributed by atoms with Gasteiger partial charge in [-0.15, -0.1) is 0 Å². The van der Waals surface area contributed by atoms with Crippen molar-refractivity contribution in [3.05, 3.63) is 111 Å². The fraction of sp³-hybridized carbons (Fsp3) is 0.258. The van der Waals surface area contributed by atoms with E-state index >= 15 is 0 Å². The van der Waals surface area contributed by atoms with Crippen LogP contribution in [0.25, 0.3) is 6.08 Å². The number of para-hydroxylation sites is 1. The SMILES string of the molecule is CC(C)(C)C(=O)C1C(c2ccc([N+](=O)[O-])cc2)C2(C(=O)c3ccccc3C2=O)C2C=Cc3ccccc3N12. The number of non-ortho nitro benzene ring substituents is 1. The number of ketones is 3. The second kappa shape index (κ2) is 8.05. The molecule has 38 heavy (non-hydrogen) atoms. The van der Waals surface area contributed by atoms with Crippen LogP contribution in [0.4, 0.5) is 11.4 Å². The summed E-state index contributed by atoms with van der Waals surface area (Å²) in [6.45, 7) is 5.50. The fourth-order valence-electron chi connectivity index (χ4n) is 6.54. The van der Waals surface area contributed by atoms with Crippen LogP contribution in [0.3, 0.4) is 0 Å². The monoisotopic (exact) mass is 506 g/mol. The Morgan fingerprint density at radius 3 is 2.05 bits per heavy atom. The maximum absolute atomic E-state index is 14.5. The summed E-state index contributed by atoms with van der Waals surface area (Å²) in [5.41, 5.74) is 0.431. The molecule has 2 heterocycles. The molecule has 1 aliphatic carbocycles. The number of nitro groups is 1. The molecule has 3 aliphatic rings. The van der Waals surface area contributed by atoms with E-state index in [1.54, 1.807) is 36.4 Å². The number of nitrogens with zero attached hydrogens (tertiary/aromatic N) is 2. The minimum Gasteiger partial charge on any atom is -0.352 e. The molecule has 1 fully saturated rings. The molecule has 6 rings (SSSR count). The summed E-state index contributed by atoms with van der Waals surface area (Å²) in [6.07, 6.45) is 3.79. The number of carbonyl (C=O) groups excluding carboxylic acids is 3. The van der Waals surface area contributed by atoms with Crippen molar-refractivity contribution in [3.63, 3.8) is 0 Å².